The average molecular weight is 268 g/mol. The van der Waals surface area contributed by atoms with Crippen LogP contribution in [0.15, 0.2) is 64.0 Å². The maximum absolute atomic E-state index is 5.37. The van der Waals surface area contributed by atoms with Gasteiger partial charge in [-0.2, -0.15) is 4.98 Å². The van der Waals surface area contributed by atoms with Crippen molar-refractivity contribution in [3.05, 3.63) is 54.6 Å². The van der Waals surface area contributed by atoms with E-state index in [1.54, 1.807) is 11.8 Å². The van der Waals surface area contributed by atoms with Gasteiger partial charge in [0.05, 0.1) is 5.56 Å². The van der Waals surface area contributed by atoms with Gasteiger partial charge in [0.1, 0.15) is 0 Å². The van der Waals surface area contributed by atoms with Crippen LogP contribution in [-0.2, 0) is 0 Å². The molecule has 4 heteroatoms. The molecule has 0 N–H and O–H groups in total. The van der Waals surface area contributed by atoms with E-state index in [1.807, 2.05) is 60.9 Å². The molecule has 19 heavy (non-hydrogen) atoms. The molecule has 3 rings (SSSR count). The van der Waals surface area contributed by atoms with Gasteiger partial charge in [-0.25, -0.2) is 0 Å². The number of hydrogen-bond acceptors (Lipinski definition) is 4. The molecule has 0 spiro atoms. The fourth-order valence-electron chi connectivity index (χ4n) is 1.86. The number of aromatic nitrogens is 2. The number of thioether (sulfide) groups is 1. The Morgan fingerprint density at radius 2 is 1.68 bits per heavy atom. The molecular formula is C15H12N2OS. The number of rotatable bonds is 3. The predicted octanol–water partition coefficient (Wildman–Crippen LogP) is 4.13. The summed E-state index contributed by atoms with van der Waals surface area (Å²) >= 11 is 1.67. The second-order valence-electron chi connectivity index (χ2n) is 3.99. The smallest absolute Gasteiger partial charge is 0.259 e. The Balaban J connectivity index is 2.02. The lowest BCUT2D eigenvalue weighted by molar-refractivity contribution is 0.431. The third kappa shape index (κ3) is 2.39. The van der Waals surface area contributed by atoms with Gasteiger partial charge >= 0.3 is 0 Å². The summed E-state index contributed by atoms with van der Waals surface area (Å²) in [6, 6.07) is 17.8. The zero-order valence-corrected chi connectivity index (χ0v) is 11.2. The van der Waals surface area contributed by atoms with Crippen LogP contribution in [0.4, 0.5) is 0 Å². The number of nitrogens with zero attached hydrogens (tertiary/aromatic N) is 2. The maximum atomic E-state index is 5.37. The summed E-state index contributed by atoms with van der Waals surface area (Å²) in [6.45, 7) is 0. The molecule has 0 aliphatic rings. The molecule has 0 unspecified atom stereocenters. The van der Waals surface area contributed by atoms with Gasteiger partial charge in [-0.3, -0.25) is 0 Å². The molecule has 3 nitrogen and oxygen atoms in total. The highest BCUT2D eigenvalue weighted by Crippen LogP contribution is 2.29. The summed E-state index contributed by atoms with van der Waals surface area (Å²) in [7, 11) is 0. The molecule has 3 aromatic rings. The van der Waals surface area contributed by atoms with Crippen molar-refractivity contribution < 1.29 is 4.52 Å². The highest BCUT2D eigenvalue weighted by Gasteiger charge is 2.12. The Labute approximate surface area is 115 Å². The fourth-order valence-corrected chi connectivity index (χ4v) is 2.45. The van der Waals surface area contributed by atoms with E-state index in [2.05, 4.69) is 10.1 Å². The number of hydrogen-bond donors (Lipinski definition) is 0. The first-order valence-electron chi connectivity index (χ1n) is 5.91. The molecule has 0 aliphatic carbocycles. The zero-order valence-electron chi connectivity index (χ0n) is 10.4. The van der Waals surface area contributed by atoms with Crippen LogP contribution in [0, 0.1) is 0 Å². The van der Waals surface area contributed by atoms with Crippen molar-refractivity contribution >= 4 is 11.8 Å². The second-order valence-corrected chi connectivity index (χ2v) is 4.84. The Bertz CT molecular complexity index is 679. The first kappa shape index (κ1) is 12.0. The average Bonchev–Trinajstić information content (AvgIpc) is 2.98. The maximum Gasteiger partial charge on any atom is 0.259 e. The quantitative estimate of drug-likeness (QED) is 0.670. The van der Waals surface area contributed by atoms with Gasteiger partial charge in [0, 0.05) is 10.5 Å². The molecular weight excluding hydrogens is 256 g/mol. The summed E-state index contributed by atoms with van der Waals surface area (Å²) in [6.07, 6.45) is 2.04. The molecule has 2 aromatic carbocycles. The minimum atomic E-state index is 0.559. The molecule has 0 saturated heterocycles. The topological polar surface area (TPSA) is 38.9 Å². The molecule has 0 fully saturated rings. The third-order valence-corrected chi connectivity index (χ3v) is 3.59. The van der Waals surface area contributed by atoms with Crippen molar-refractivity contribution in [2.75, 3.05) is 6.26 Å². The number of benzene rings is 2. The first-order valence-corrected chi connectivity index (χ1v) is 7.13. The zero-order chi connectivity index (χ0) is 13.1. The SMILES string of the molecule is CSc1ccccc1-c1nc(-c2ccccc2)no1. The van der Waals surface area contributed by atoms with Crippen molar-refractivity contribution in [1.82, 2.24) is 10.1 Å². The van der Waals surface area contributed by atoms with Crippen LogP contribution in [0.3, 0.4) is 0 Å². The van der Waals surface area contributed by atoms with Gasteiger partial charge < -0.3 is 4.52 Å². The molecule has 0 amide bonds. The predicted molar refractivity (Wildman–Crippen MR) is 77.0 cm³/mol. The molecule has 0 saturated carbocycles. The molecule has 0 atom stereocenters. The molecule has 0 radical (unpaired) electrons. The van der Waals surface area contributed by atoms with E-state index in [0.29, 0.717) is 11.7 Å². The van der Waals surface area contributed by atoms with Crippen LogP contribution in [-0.4, -0.2) is 16.4 Å². The van der Waals surface area contributed by atoms with E-state index in [4.69, 9.17) is 4.52 Å². The largest absolute Gasteiger partial charge is 0.334 e. The van der Waals surface area contributed by atoms with Gasteiger partial charge in [0.25, 0.3) is 5.89 Å². The highest BCUT2D eigenvalue weighted by molar-refractivity contribution is 7.98. The van der Waals surface area contributed by atoms with E-state index in [0.717, 1.165) is 16.0 Å². The van der Waals surface area contributed by atoms with E-state index in [9.17, 15) is 0 Å². The minimum absolute atomic E-state index is 0.559. The molecule has 1 aromatic heterocycles. The first-order chi connectivity index (χ1) is 9.38. The van der Waals surface area contributed by atoms with Gasteiger partial charge in [-0.1, -0.05) is 47.6 Å². The Morgan fingerprint density at radius 1 is 0.947 bits per heavy atom. The normalized spacial score (nSPS) is 10.6. The molecule has 94 valence electrons. The Morgan fingerprint density at radius 3 is 2.47 bits per heavy atom. The lowest BCUT2D eigenvalue weighted by Crippen LogP contribution is -1.82. The van der Waals surface area contributed by atoms with Crippen molar-refractivity contribution in [2.24, 2.45) is 0 Å². The van der Waals surface area contributed by atoms with Crippen molar-refractivity contribution in [1.29, 1.82) is 0 Å². The van der Waals surface area contributed by atoms with Gasteiger partial charge in [0.2, 0.25) is 5.82 Å². The van der Waals surface area contributed by atoms with Crippen LogP contribution in [0.1, 0.15) is 0 Å². The van der Waals surface area contributed by atoms with Gasteiger partial charge in [0.15, 0.2) is 0 Å². The molecule has 0 bridgehead atoms. The second kappa shape index (κ2) is 5.28. The summed E-state index contributed by atoms with van der Waals surface area (Å²) in [5.74, 6) is 1.18. The van der Waals surface area contributed by atoms with Crippen LogP contribution >= 0.6 is 11.8 Å². The van der Waals surface area contributed by atoms with Crippen LogP contribution < -0.4 is 0 Å². The van der Waals surface area contributed by atoms with E-state index < -0.39 is 0 Å². The van der Waals surface area contributed by atoms with Gasteiger partial charge in [-0.15, -0.1) is 11.8 Å². The molecule has 1 heterocycles. The summed E-state index contributed by atoms with van der Waals surface area (Å²) in [5.41, 5.74) is 1.93. The van der Waals surface area contributed by atoms with E-state index >= 15 is 0 Å². The Kier molecular flexibility index (Phi) is 3.33. The van der Waals surface area contributed by atoms with E-state index in [1.165, 1.54) is 0 Å². The summed E-state index contributed by atoms with van der Waals surface area (Å²) in [4.78, 5) is 5.60. The fraction of sp³-hybridized carbons (Fsp3) is 0.0667. The van der Waals surface area contributed by atoms with Crippen LogP contribution in [0.2, 0.25) is 0 Å². The monoisotopic (exact) mass is 268 g/mol. The molecule has 0 aliphatic heterocycles. The minimum Gasteiger partial charge on any atom is -0.334 e. The van der Waals surface area contributed by atoms with Crippen LogP contribution in [0.5, 0.6) is 0 Å². The van der Waals surface area contributed by atoms with Crippen LogP contribution in [0.25, 0.3) is 22.8 Å². The highest BCUT2D eigenvalue weighted by atomic mass is 32.2. The van der Waals surface area contributed by atoms with Gasteiger partial charge in [-0.05, 0) is 18.4 Å². The van der Waals surface area contributed by atoms with E-state index in [-0.39, 0.29) is 0 Å². The third-order valence-electron chi connectivity index (χ3n) is 2.80. The van der Waals surface area contributed by atoms with Crippen molar-refractivity contribution in [3.63, 3.8) is 0 Å². The standard InChI is InChI=1S/C15H12N2OS/c1-19-13-10-6-5-9-12(13)15-16-14(17-18-15)11-7-3-2-4-8-11/h2-10H,1H3. The summed E-state index contributed by atoms with van der Waals surface area (Å²) < 4.78 is 5.37. The summed E-state index contributed by atoms with van der Waals surface area (Å²) in [5, 5.41) is 4.04. The Hall–Kier alpha value is -2.07. The van der Waals surface area contributed by atoms with Crippen molar-refractivity contribution in [3.8, 4) is 22.8 Å². The lowest BCUT2D eigenvalue weighted by atomic mass is 10.2. The van der Waals surface area contributed by atoms with Crippen molar-refractivity contribution in [2.45, 2.75) is 4.90 Å². The lowest BCUT2D eigenvalue weighted by Gasteiger charge is -2.00.